The van der Waals surface area contributed by atoms with E-state index in [0.29, 0.717) is 0 Å². The molecule has 128 valence electrons. The van der Waals surface area contributed by atoms with Gasteiger partial charge in [0.2, 0.25) is 0 Å². The molecule has 0 amide bonds. The van der Waals surface area contributed by atoms with Gasteiger partial charge in [0.1, 0.15) is 5.75 Å². The van der Waals surface area contributed by atoms with Crippen LogP contribution < -0.4 is 4.74 Å². The Labute approximate surface area is 141 Å². The minimum absolute atomic E-state index is 0.793. The van der Waals surface area contributed by atoms with Crippen LogP contribution in [0.2, 0.25) is 0 Å². The number of hydrogen-bond donors (Lipinski definition) is 0. The van der Waals surface area contributed by atoms with Crippen molar-refractivity contribution in [2.24, 2.45) is 11.8 Å². The monoisotopic (exact) mass is 317 g/mol. The van der Waals surface area contributed by atoms with Crippen LogP contribution in [0.4, 0.5) is 0 Å². The lowest BCUT2D eigenvalue weighted by Crippen LogP contribution is -2.26. The predicted octanol–water partition coefficient (Wildman–Crippen LogP) is 2.01. The maximum absolute atomic E-state index is 5.90. The lowest BCUT2D eigenvalue weighted by Gasteiger charge is -2.19. The summed E-state index contributed by atoms with van der Waals surface area (Å²) in [6.45, 7) is 7.98. The zero-order valence-corrected chi connectivity index (χ0v) is 14.9. The molecule has 2 aliphatic rings. The Morgan fingerprint density at radius 1 is 1.13 bits per heavy atom. The number of fused-ring (bicyclic) bond motifs is 1. The Kier molecular flexibility index (Phi) is 5.57. The Balaban J connectivity index is 1.46. The zero-order valence-electron chi connectivity index (χ0n) is 14.9. The van der Waals surface area contributed by atoms with E-state index in [2.05, 4.69) is 60.1 Å². The summed E-state index contributed by atoms with van der Waals surface area (Å²) in [7, 11) is 6.45. The summed E-state index contributed by atoms with van der Waals surface area (Å²) in [5, 5.41) is 0. The van der Waals surface area contributed by atoms with Gasteiger partial charge in [-0.25, -0.2) is 0 Å². The van der Waals surface area contributed by atoms with E-state index in [0.717, 1.165) is 43.7 Å². The van der Waals surface area contributed by atoms with Crippen LogP contribution >= 0.6 is 0 Å². The van der Waals surface area contributed by atoms with E-state index in [1.165, 1.54) is 31.7 Å². The third-order valence-electron chi connectivity index (χ3n) is 5.07. The van der Waals surface area contributed by atoms with Crippen molar-refractivity contribution in [1.29, 1.82) is 0 Å². The molecule has 0 bridgehead atoms. The molecule has 4 heteroatoms. The van der Waals surface area contributed by atoms with Crippen molar-refractivity contribution in [3.8, 4) is 5.75 Å². The fourth-order valence-corrected chi connectivity index (χ4v) is 4.02. The minimum atomic E-state index is 0.793. The smallest absolute Gasteiger partial charge is 0.119 e. The SMILES string of the molecule is CN(C)CCCOc1cccc(CN2C[C@H]3CN(C)C[C@H]3C2)c1. The Morgan fingerprint density at radius 3 is 2.57 bits per heavy atom. The average Bonchev–Trinajstić information content (AvgIpc) is 3.00. The van der Waals surface area contributed by atoms with Crippen molar-refractivity contribution in [1.82, 2.24) is 14.7 Å². The first-order chi connectivity index (χ1) is 11.1. The van der Waals surface area contributed by atoms with Crippen LogP contribution in [0.3, 0.4) is 0 Å². The van der Waals surface area contributed by atoms with Crippen LogP contribution in [0.1, 0.15) is 12.0 Å². The molecule has 3 rings (SSSR count). The molecule has 0 unspecified atom stereocenters. The molecule has 0 radical (unpaired) electrons. The van der Waals surface area contributed by atoms with Gasteiger partial charge in [0, 0.05) is 39.3 Å². The number of likely N-dealkylation sites (tertiary alicyclic amines) is 2. The second-order valence-corrected chi connectivity index (χ2v) is 7.59. The fourth-order valence-electron chi connectivity index (χ4n) is 4.02. The third-order valence-corrected chi connectivity index (χ3v) is 5.07. The van der Waals surface area contributed by atoms with Crippen molar-refractivity contribution < 1.29 is 4.74 Å². The maximum atomic E-state index is 5.90. The van der Waals surface area contributed by atoms with Gasteiger partial charge in [-0.05, 0) is 57.1 Å². The predicted molar refractivity (Wildman–Crippen MR) is 94.9 cm³/mol. The number of hydrogen-bond acceptors (Lipinski definition) is 4. The van der Waals surface area contributed by atoms with E-state index in [-0.39, 0.29) is 0 Å². The van der Waals surface area contributed by atoms with E-state index in [1.54, 1.807) is 0 Å². The molecule has 2 fully saturated rings. The number of ether oxygens (including phenoxy) is 1. The lowest BCUT2D eigenvalue weighted by molar-refractivity contribution is 0.269. The molecule has 1 aromatic carbocycles. The second-order valence-electron chi connectivity index (χ2n) is 7.59. The normalized spacial score (nSPS) is 25.2. The van der Waals surface area contributed by atoms with Crippen molar-refractivity contribution in [3.63, 3.8) is 0 Å². The molecule has 1 aromatic rings. The van der Waals surface area contributed by atoms with Crippen molar-refractivity contribution >= 4 is 0 Å². The summed E-state index contributed by atoms with van der Waals surface area (Å²) < 4.78 is 5.90. The van der Waals surface area contributed by atoms with E-state index in [9.17, 15) is 0 Å². The highest BCUT2D eigenvalue weighted by molar-refractivity contribution is 5.28. The van der Waals surface area contributed by atoms with Gasteiger partial charge in [-0.1, -0.05) is 12.1 Å². The molecule has 2 aliphatic heterocycles. The standard InChI is InChI=1S/C19H31N3O/c1-20(2)8-5-9-23-19-7-4-6-16(10-19)11-22-14-17-12-21(3)13-18(17)15-22/h4,6-7,10,17-18H,5,8-9,11-15H2,1-3H3/t17-,18+. The van der Waals surface area contributed by atoms with Crippen molar-refractivity contribution in [2.75, 3.05) is 60.5 Å². The van der Waals surface area contributed by atoms with E-state index >= 15 is 0 Å². The fraction of sp³-hybridized carbons (Fsp3) is 0.684. The van der Waals surface area contributed by atoms with E-state index in [1.807, 2.05) is 0 Å². The van der Waals surface area contributed by atoms with Gasteiger partial charge < -0.3 is 14.5 Å². The third kappa shape index (κ3) is 4.69. The molecule has 0 aromatic heterocycles. The molecule has 2 heterocycles. The van der Waals surface area contributed by atoms with Gasteiger partial charge >= 0.3 is 0 Å². The molecule has 23 heavy (non-hydrogen) atoms. The quantitative estimate of drug-likeness (QED) is 0.716. The molecular weight excluding hydrogens is 286 g/mol. The molecule has 2 atom stereocenters. The van der Waals surface area contributed by atoms with Gasteiger partial charge in [0.05, 0.1) is 6.61 Å². The van der Waals surface area contributed by atoms with Gasteiger partial charge in [0.15, 0.2) is 0 Å². The second kappa shape index (κ2) is 7.65. The van der Waals surface area contributed by atoms with E-state index in [4.69, 9.17) is 4.74 Å². The van der Waals surface area contributed by atoms with Crippen LogP contribution in [-0.2, 0) is 6.54 Å². The zero-order chi connectivity index (χ0) is 16.2. The summed E-state index contributed by atoms with van der Waals surface area (Å²) in [6, 6.07) is 8.65. The highest BCUT2D eigenvalue weighted by Crippen LogP contribution is 2.31. The Bertz CT molecular complexity index is 491. The Hall–Kier alpha value is -1.10. The first kappa shape index (κ1) is 16.7. The Morgan fingerprint density at radius 2 is 1.87 bits per heavy atom. The largest absolute Gasteiger partial charge is 0.494 e. The van der Waals surface area contributed by atoms with Gasteiger partial charge in [-0.3, -0.25) is 4.90 Å². The summed E-state index contributed by atoms with van der Waals surface area (Å²) >= 11 is 0. The summed E-state index contributed by atoms with van der Waals surface area (Å²) in [5.41, 5.74) is 1.38. The first-order valence-electron chi connectivity index (χ1n) is 8.87. The molecule has 0 spiro atoms. The lowest BCUT2D eigenvalue weighted by atomic mass is 10.0. The number of rotatable bonds is 7. The van der Waals surface area contributed by atoms with Crippen LogP contribution in [-0.4, -0.2) is 75.2 Å². The number of nitrogens with zero attached hydrogens (tertiary/aromatic N) is 3. The van der Waals surface area contributed by atoms with Crippen LogP contribution in [0.5, 0.6) is 5.75 Å². The molecular formula is C19H31N3O. The maximum Gasteiger partial charge on any atom is 0.119 e. The van der Waals surface area contributed by atoms with E-state index < -0.39 is 0 Å². The highest BCUT2D eigenvalue weighted by Gasteiger charge is 2.38. The van der Waals surface area contributed by atoms with Crippen LogP contribution in [0.15, 0.2) is 24.3 Å². The van der Waals surface area contributed by atoms with Gasteiger partial charge in [0.25, 0.3) is 0 Å². The number of benzene rings is 1. The highest BCUT2D eigenvalue weighted by atomic mass is 16.5. The molecule has 0 N–H and O–H groups in total. The molecule has 2 saturated heterocycles. The van der Waals surface area contributed by atoms with Gasteiger partial charge in [-0.15, -0.1) is 0 Å². The van der Waals surface area contributed by atoms with Crippen LogP contribution in [0, 0.1) is 11.8 Å². The summed E-state index contributed by atoms with van der Waals surface area (Å²) in [6.07, 6.45) is 1.07. The van der Waals surface area contributed by atoms with Gasteiger partial charge in [-0.2, -0.15) is 0 Å². The summed E-state index contributed by atoms with van der Waals surface area (Å²) in [4.78, 5) is 7.30. The topological polar surface area (TPSA) is 19.0 Å². The average molecular weight is 317 g/mol. The molecule has 0 saturated carbocycles. The van der Waals surface area contributed by atoms with Crippen LogP contribution in [0.25, 0.3) is 0 Å². The summed E-state index contributed by atoms with van der Waals surface area (Å²) in [5.74, 6) is 2.77. The molecule has 0 aliphatic carbocycles. The van der Waals surface area contributed by atoms with Crippen molar-refractivity contribution in [3.05, 3.63) is 29.8 Å². The molecule has 4 nitrogen and oxygen atoms in total. The minimum Gasteiger partial charge on any atom is -0.494 e. The first-order valence-corrected chi connectivity index (χ1v) is 8.87. The van der Waals surface area contributed by atoms with Crippen molar-refractivity contribution in [2.45, 2.75) is 13.0 Å².